The van der Waals surface area contributed by atoms with E-state index in [0.717, 1.165) is 24.2 Å². The van der Waals surface area contributed by atoms with Crippen LogP contribution in [0.25, 0.3) is 11.0 Å². The smallest absolute Gasteiger partial charge is 0.275 e. The number of aryl methyl sites for hydroxylation is 3. The van der Waals surface area contributed by atoms with Crippen LogP contribution in [0.15, 0.2) is 34.2 Å². The van der Waals surface area contributed by atoms with Crippen LogP contribution < -0.4 is 10.9 Å². The van der Waals surface area contributed by atoms with E-state index in [1.807, 2.05) is 19.1 Å². The maximum atomic E-state index is 12.2. The van der Waals surface area contributed by atoms with Crippen LogP contribution in [-0.2, 0) is 17.6 Å². The fourth-order valence-corrected chi connectivity index (χ4v) is 3.85. The van der Waals surface area contributed by atoms with Crippen molar-refractivity contribution in [3.63, 3.8) is 0 Å². The van der Waals surface area contributed by atoms with Crippen molar-refractivity contribution in [1.82, 2.24) is 15.0 Å². The Bertz CT molecular complexity index is 1020. The number of carbonyl (C=O) groups excluding carboxylic acids is 1. The summed E-state index contributed by atoms with van der Waals surface area (Å²) in [5.74, 6) is 0.0746. The molecule has 0 fully saturated rings. The Morgan fingerprint density at radius 3 is 2.96 bits per heavy atom. The summed E-state index contributed by atoms with van der Waals surface area (Å²) in [5.41, 5.74) is 5.26. The van der Waals surface area contributed by atoms with Crippen LogP contribution in [0.5, 0.6) is 0 Å². The summed E-state index contributed by atoms with van der Waals surface area (Å²) in [6.07, 6.45) is 3.39. The summed E-state index contributed by atoms with van der Waals surface area (Å²) < 4.78 is 0. The topological polar surface area (TPSA) is 90.6 Å². The molecule has 0 radical (unpaired) electrons. The van der Waals surface area contributed by atoms with Gasteiger partial charge in [-0.05, 0) is 55.5 Å². The Morgan fingerprint density at radius 2 is 2.08 bits per heavy atom. The first-order chi connectivity index (χ1) is 12.1. The van der Waals surface area contributed by atoms with Crippen molar-refractivity contribution in [2.24, 2.45) is 0 Å². The third-order valence-electron chi connectivity index (χ3n) is 4.32. The van der Waals surface area contributed by atoms with Gasteiger partial charge in [0.1, 0.15) is 5.52 Å². The zero-order chi connectivity index (χ0) is 17.4. The molecule has 2 heterocycles. The number of benzene rings is 1. The molecule has 1 amide bonds. The number of nitrogens with zero attached hydrogens (tertiary/aromatic N) is 1. The number of anilines is 1. The minimum absolute atomic E-state index is 0.115. The number of nitrogens with one attached hydrogen (secondary N) is 3. The van der Waals surface area contributed by atoms with E-state index < -0.39 is 0 Å². The molecule has 0 atom stereocenters. The number of hydrogen-bond acceptors (Lipinski definition) is 4. The average Bonchev–Trinajstić information content (AvgIpc) is 3.18. The lowest BCUT2D eigenvalue weighted by atomic mass is 10.1. The molecule has 0 aliphatic heterocycles. The lowest BCUT2D eigenvalue weighted by Crippen LogP contribution is -2.15. The van der Waals surface area contributed by atoms with Crippen molar-refractivity contribution in [3.05, 3.63) is 51.4 Å². The minimum atomic E-state index is -0.223. The van der Waals surface area contributed by atoms with Crippen molar-refractivity contribution in [1.29, 1.82) is 0 Å². The van der Waals surface area contributed by atoms with E-state index in [1.165, 1.54) is 29.3 Å². The largest absolute Gasteiger partial charge is 0.353 e. The molecule has 128 valence electrons. The lowest BCUT2D eigenvalue weighted by molar-refractivity contribution is -0.113. The van der Waals surface area contributed by atoms with E-state index in [2.05, 4.69) is 32.4 Å². The zero-order valence-electron chi connectivity index (χ0n) is 13.8. The third-order valence-corrected chi connectivity index (χ3v) is 5.20. The van der Waals surface area contributed by atoms with Crippen LogP contribution >= 0.6 is 11.8 Å². The number of aromatic nitrogens is 3. The van der Waals surface area contributed by atoms with Crippen molar-refractivity contribution < 1.29 is 4.79 Å². The van der Waals surface area contributed by atoms with Crippen molar-refractivity contribution in [2.75, 3.05) is 11.1 Å². The van der Waals surface area contributed by atoms with Crippen molar-refractivity contribution in [2.45, 2.75) is 31.3 Å². The second kappa shape index (κ2) is 6.40. The molecule has 7 heteroatoms. The predicted molar refractivity (Wildman–Crippen MR) is 99.3 cm³/mol. The first-order valence-electron chi connectivity index (χ1n) is 8.22. The molecule has 0 saturated carbocycles. The fraction of sp³-hybridized carbons (Fsp3) is 0.278. The quantitative estimate of drug-likeness (QED) is 0.496. The number of aromatic amines is 2. The molecule has 3 N–H and O–H groups in total. The summed E-state index contributed by atoms with van der Waals surface area (Å²) in [6.45, 7) is 1.87. The molecule has 3 aromatic rings. The van der Waals surface area contributed by atoms with E-state index in [9.17, 15) is 9.59 Å². The van der Waals surface area contributed by atoms with Gasteiger partial charge in [0.25, 0.3) is 5.56 Å². The summed E-state index contributed by atoms with van der Waals surface area (Å²) in [4.78, 5) is 34.3. The first kappa shape index (κ1) is 16.0. The Morgan fingerprint density at radius 1 is 1.24 bits per heavy atom. The van der Waals surface area contributed by atoms with Gasteiger partial charge in [-0.15, -0.1) is 0 Å². The summed E-state index contributed by atoms with van der Waals surface area (Å²) >= 11 is 1.22. The number of fused-ring (bicyclic) bond motifs is 2. The number of hydrogen-bond donors (Lipinski definition) is 3. The van der Waals surface area contributed by atoms with Gasteiger partial charge in [-0.3, -0.25) is 14.6 Å². The van der Waals surface area contributed by atoms with Gasteiger partial charge in [0.2, 0.25) is 5.91 Å². The predicted octanol–water partition coefficient (Wildman–Crippen LogP) is 2.78. The molecule has 1 aliphatic rings. The lowest BCUT2D eigenvalue weighted by Gasteiger charge is -2.07. The van der Waals surface area contributed by atoms with Gasteiger partial charge in [-0.25, -0.2) is 4.98 Å². The monoisotopic (exact) mass is 354 g/mol. The molecule has 25 heavy (non-hydrogen) atoms. The highest BCUT2D eigenvalue weighted by Gasteiger charge is 2.13. The van der Waals surface area contributed by atoms with Crippen LogP contribution in [0.3, 0.4) is 0 Å². The Labute approximate surface area is 148 Å². The maximum absolute atomic E-state index is 12.2. The van der Waals surface area contributed by atoms with Gasteiger partial charge >= 0.3 is 0 Å². The highest BCUT2D eigenvalue weighted by atomic mass is 32.2. The van der Waals surface area contributed by atoms with Crippen molar-refractivity contribution >= 4 is 34.4 Å². The normalized spacial score (nSPS) is 13.2. The number of amides is 1. The molecule has 4 rings (SSSR count). The standard InChI is InChI=1S/C18H18N4O2S/c1-10-7-14-16(19-10)17(24)22-18(21-14)25-9-15(23)20-13-6-5-11-3-2-4-12(11)8-13/h5-8,19H,2-4,9H2,1H3,(H,20,23)(H,21,22,24). The minimum Gasteiger partial charge on any atom is -0.353 e. The van der Waals surface area contributed by atoms with E-state index in [-0.39, 0.29) is 17.2 Å². The van der Waals surface area contributed by atoms with Crippen LogP contribution in [0.2, 0.25) is 0 Å². The van der Waals surface area contributed by atoms with Gasteiger partial charge in [0.05, 0.1) is 11.3 Å². The van der Waals surface area contributed by atoms with E-state index in [0.29, 0.717) is 16.2 Å². The van der Waals surface area contributed by atoms with Gasteiger partial charge in [0, 0.05) is 11.4 Å². The number of carbonyl (C=O) groups is 1. The van der Waals surface area contributed by atoms with Gasteiger partial charge in [-0.2, -0.15) is 0 Å². The van der Waals surface area contributed by atoms with Crippen LogP contribution in [-0.4, -0.2) is 26.6 Å². The highest BCUT2D eigenvalue weighted by Crippen LogP contribution is 2.25. The van der Waals surface area contributed by atoms with Gasteiger partial charge < -0.3 is 10.3 Å². The molecule has 1 aromatic carbocycles. The number of rotatable bonds is 4. The second-order valence-corrected chi connectivity index (χ2v) is 7.22. The number of thioether (sulfide) groups is 1. The molecular formula is C18H18N4O2S. The molecule has 0 spiro atoms. The van der Waals surface area contributed by atoms with Gasteiger partial charge in [-0.1, -0.05) is 17.8 Å². The Hall–Kier alpha value is -2.54. The summed E-state index contributed by atoms with van der Waals surface area (Å²) in [7, 11) is 0. The average molecular weight is 354 g/mol. The molecule has 6 nitrogen and oxygen atoms in total. The summed E-state index contributed by atoms with van der Waals surface area (Å²) in [6, 6.07) is 7.91. The molecular weight excluding hydrogens is 336 g/mol. The van der Waals surface area contributed by atoms with E-state index in [1.54, 1.807) is 0 Å². The third kappa shape index (κ3) is 3.32. The van der Waals surface area contributed by atoms with Gasteiger partial charge in [0.15, 0.2) is 5.16 Å². The van der Waals surface area contributed by atoms with Crippen LogP contribution in [0, 0.1) is 6.92 Å². The Kier molecular flexibility index (Phi) is 4.09. The van der Waals surface area contributed by atoms with Crippen molar-refractivity contribution in [3.8, 4) is 0 Å². The molecule has 1 aliphatic carbocycles. The fourth-order valence-electron chi connectivity index (χ4n) is 3.18. The van der Waals surface area contributed by atoms with Crippen LogP contribution in [0.4, 0.5) is 5.69 Å². The second-order valence-electron chi connectivity index (χ2n) is 6.26. The molecule has 0 bridgehead atoms. The SMILES string of the molecule is Cc1cc2nc(SCC(=O)Nc3ccc4c(c3)CCC4)[nH]c(=O)c2[nH]1. The number of H-pyrrole nitrogens is 2. The van der Waals surface area contributed by atoms with Crippen LogP contribution in [0.1, 0.15) is 23.2 Å². The molecule has 0 unspecified atom stereocenters. The Balaban J connectivity index is 1.42. The maximum Gasteiger partial charge on any atom is 0.275 e. The molecule has 2 aromatic heterocycles. The van der Waals surface area contributed by atoms with E-state index >= 15 is 0 Å². The highest BCUT2D eigenvalue weighted by molar-refractivity contribution is 7.99. The molecule has 0 saturated heterocycles. The van der Waals surface area contributed by atoms with E-state index in [4.69, 9.17) is 0 Å². The first-order valence-corrected chi connectivity index (χ1v) is 9.21. The zero-order valence-corrected chi connectivity index (χ0v) is 14.6. The summed E-state index contributed by atoms with van der Waals surface area (Å²) in [5, 5.41) is 3.36.